The molecule has 0 aliphatic carbocycles. The molecule has 0 amide bonds. The maximum atomic E-state index is 13.2. The van der Waals surface area contributed by atoms with Crippen LogP contribution in [0.5, 0.6) is 11.5 Å². The molecule has 0 N–H and O–H groups in total. The summed E-state index contributed by atoms with van der Waals surface area (Å²) in [6.45, 7) is 6.36. The van der Waals surface area contributed by atoms with Crippen LogP contribution in [0.2, 0.25) is 0 Å². The number of carbonyl (C=O) groups excluding carboxylic acids is 3. The smallest absolute Gasteiger partial charge is 0.309 e. The number of pyridine rings is 1. The van der Waals surface area contributed by atoms with E-state index in [0.29, 0.717) is 0 Å². The zero-order valence-corrected chi connectivity index (χ0v) is 22.3. The molecule has 0 aliphatic rings. The third kappa shape index (κ3) is 6.56. The van der Waals surface area contributed by atoms with Crippen molar-refractivity contribution in [1.29, 1.82) is 0 Å². The van der Waals surface area contributed by atoms with Gasteiger partial charge >= 0.3 is 11.9 Å². The van der Waals surface area contributed by atoms with Gasteiger partial charge in [0.2, 0.25) is 6.79 Å². The predicted octanol–water partition coefficient (Wildman–Crippen LogP) is 5.14. The molecule has 0 saturated carbocycles. The Morgan fingerprint density at radius 3 is 2.03 bits per heavy atom. The van der Waals surface area contributed by atoms with E-state index in [4.69, 9.17) is 18.9 Å². The van der Waals surface area contributed by atoms with E-state index < -0.39 is 42.0 Å². The van der Waals surface area contributed by atoms with Crippen molar-refractivity contribution in [1.82, 2.24) is 4.98 Å². The lowest BCUT2D eigenvalue weighted by molar-refractivity contribution is -0.155. The number of esters is 2. The summed E-state index contributed by atoms with van der Waals surface area (Å²) in [5.41, 5.74) is 1.37. The van der Waals surface area contributed by atoms with E-state index in [1.54, 1.807) is 6.92 Å². The van der Waals surface area contributed by atoms with Crippen molar-refractivity contribution in [3.05, 3.63) is 89.7 Å². The topological polar surface area (TPSA) is 101 Å². The van der Waals surface area contributed by atoms with Crippen LogP contribution in [0, 0.1) is 5.92 Å². The summed E-state index contributed by atoms with van der Waals surface area (Å²) in [4.78, 5) is 41.6. The van der Waals surface area contributed by atoms with E-state index in [9.17, 15) is 14.4 Å². The summed E-state index contributed by atoms with van der Waals surface area (Å²) in [6.07, 6.45) is 0.708. The van der Waals surface area contributed by atoms with Crippen molar-refractivity contribution < 1.29 is 33.3 Å². The number of ketones is 1. The Hall–Kier alpha value is -4.20. The highest BCUT2D eigenvalue weighted by Crippen LogP contribution is 2.37. The van der Waals surface area contributed by atoms with Crippen LogP contribution in [0.15, 0.2) is 72.9 Å². The van der Waals surface area contributed by atoms with E-state index >= 15 is 0 Å². The highest BCUT2D eigenvalue weighted by molar-refractivity contribution is 5.99. The van der Waals surface area contributed by atoms with Gasteiger partial charge in [-0.05, 0) is 25.0 Å². The summed E-state index contributed by atoms with van der Waals surface area (Å²) in [5.74, 6) is -1.95. The fourth-order valence-corrected chi connectivity index (χ4v) is 4.17. The molecule has 0 bridgehead atoms. The first-order chi connectivity index (χ1) is 18.2. The predicted molar refractivity (Wildman–Crippen MR) is 141 cm³/mol. The number of rotatable bonds is 12. The second-order valence-electron chi connectivity index (χ2n) is 9.13. The minimum atomic E-state index is -0.755. The number of hydrogen-bond acceptors (Lipinski definition) is 8. The summed E-state index contributed by atoms with van der Waals surface area (Å²) < 4.78 is 21.5. The first kappa shape index (κ1) is 28.4. The molecule has 0 fully saturated rings. The van der Waals surface area contributed by atoms with Gasteiger partial charge in [-0.2, -0.15) is 0 Å². The fourth-order valence-electron chi connectivity index (χ4n) is 4.17. The van der Waals surface area contributed by atoms with Crippen molar-refractivity contribution in [2.45, 2.75) is 45.6 Å². The van der Waals surface area contributed by atoms with Crippen LogP contribution in [0.3, 0.4) is 0 Å². The normalized spacial score (nSPS) is 12.7. The van der Waals surface area contributed by atoms with Crippen LogP contribution in [0.1, 0.15) is 55.7 Å². The molecule has 0 aliphatic heterocycles. The Morgan fingerprint density at radius 1 is 0.921 bits per heavy atom. The number of nitrogens with zero attached hydrogens (tertiary/aromatic N) is 1. The second-order valence-corrected chi connectivity index (χ2v) is 9.13. The van der Waals surface area contributed by atoms with Crippen molar-refractivity contribution in [2.24, 2.45) is 5.92 Å². The van der Waals surface area contributed by atoms with E-state index in [2.05, 4.69) is 4.98 Å². The Morgan fingerprint density at radius 2 is 1.50 bits per heavy atom. The zero-order chi connectivity index (χ0) is 27.7. The molecule has 0 radical (unpaired) electrons. The number of aromatic nitrogens is 1. The second kappa shape index (κ2) is 12.9. The molecular formula is C30H33NO7. The number of hydrogen-bond donors (Lipinski definition) is 0. The van der Waals surface area contributed by atoms with Crippen LogP contribution in [-0.2, 0) is 24.5 Å². The maximum absolute atomic E-state index is 13.2. The van der Waals surface area contributed by atoms with Crippen LogP contribution >= 0.6 is 0 Å². The zero-order valence-electron chi connectivity index (χ0n) is 22.3. The Kier molecular flexibility index (Phi) is 9.60. The first-order valence-electron chi connectivity index (χ1n) is 12.3. The van der Waals surface area contributed by atoms with Crippen LogP contribution in [-0.4, -0.2) is 42.7 Å². The van der Waals surface area contributed by atoms with Gasteiger partial charge < -0.3 is 18.9 Å². The monoisotopic (exact) mass is 519 g/mol. The molecular weight excluding hydrogens is 486 g/mol. The SMILES string of the molecule is COc1ccnc(C(=O)C[C@@H](C)C(=O)O[C@@H](C)C(C)(c2ccccc2)c2ccccc2)c1OCOC(C)=O. The van der Waals surface area contributed by atoms with Gasteiger partial charge in [-0.15, -0.1) is 0 Å². The number of ether oxygens (including phenoxy) is 4. The van der Waals surface area contributed by atoms with Crippen LogP contribution in [0.25, 0.3) is 0 Å². The van der Waals surface area contributed by atoms with Crippen LogP contribution < -0.4 is 9.47 Å². The quantitative estimate of drug-likeness (QED) is 0.184. The van der Waals surface area contributed by atoms with Gasteiger partial charge in [-0.1, -0.05) is 67.6 Å². The molecule has 2 atom stereocenters. The molecule has 0 spiro atoms. The third-order valence-electron chi connectivity index (χ3n) is 6.56. The van der Waals surface area contributed by atoms with Gasteiger partial charge in [-0.25, -0.2) is 4.98 Å². The van der Waals surface area contributed by atoms with E-state index in [1.807, 2.05) is 74.5 Å². The number of carbonyl (C=O) groups is 3. The molecule has 3 rings (SSSR count). The van der Waals surface area contributed by atoms with Gasteiger partial charge in [0.05, 0.1) is 18.4 Å². The van der Waals surface area contributed by atoms with E-state index in [-0.39, 0.29) is 23.6 Å². The largest absolute Gasteiger partial charge is 0.493 e. The van der Waals surface area contributed by atoms with Crippen molar-refractivity contribution in [3.8, 4) is 11.5 Å². The summed E-state index contributed by atoms with van der Waals surface area (Å²) in [5, 5.41) is 0. The van der Waals surface area contributed by atoms with E-state index in [0.717, 1.165) is 11.1 Å². The molecule has 0 saturated heterocycles. The number of Topliss-reactive ketones (excluding diaryl/α,β-unsaturated/α-hetero) is 1. The minimum absolute atomic E-state index is 0.0254. The van der Waals surface area contributed by atoms with Crippen molar-refractivity contribution >= 4 is 17.7 Å². The van der Waals surface area contributed by atoms with Gasteiger partial charge in [-0.3, -0.25) is 14.4 Å². The van der Waals surface area contributed by atoms with Gasteiger partial charge in [0.1, 0.15) is 6.10 Å². The Bertz CT molecular complexity index is 1200. The summed E-state index contributed by atoms with van der Waals surface area (Å²) >= 11 is 0. The lowest BCUT2D eigenvalue weighted by Gasteiger charge is -2.36. The summed E-state index contributed by atoms with van der Waals surface area (Å²) in [7, 11) is 1.42. The van der Waals surface area contributed by atoms with Gasteiger partial charge in [0, 0.05) is 25.6 Å². The minimum Gasteiger partial charge on any atom is -0.493 e. The molecule has 1 heterocycles. The van der Waals surface area contributed by atoms with Gasteiger partial charge in [0.25, 0.3) is 0 Å². The summed E-state index contributed by atoms with van der Waals surface area (Å²) in [6, 6.07) is 21.3. The highest BCUT2D eigenvalue weighted by Gasteiger charge is 2.38. The standard InChI is InChI=1S/C30H33NO7/c1-20(18-25(33)27-28(37-19-36-22(3)32)26(35-5)16-17-31-27)29(34)38-21(2)30(4,23-12-8-6-9-13-23)24-14-10-7-11-15-24/h6-17,20-21H,18-19H2,1-5H3/t20-,21+/m1/s1. The van der Waals surface area contributed by atoms with Crippen molar-refractivity contribution in [2.75, 3.05) is 13.9 Å². The average molecular weight is 520 g/mol. The maximum Gasteiger partial charge on any atom is 0.309 e. The van der Waals surface area contributed by atoms with Crippen LogP contribution in [0.4, 0.5) is 0 Å². The molecule has 200 valence electrons. The van der Waals surface area contributed by atoms with Crippen molar-refractivity contribution in [3.63, 3.8) is 0 Å². The Labute approximate surface area is 222 Å². The molecule has 38 heavy (non-hydrogen) atoms. The Balaban J connectivity index is 1.77. The lowest BCUT2D eigenvalue weighted by Crippen LogP contribution is -2.40. The molecule has 1 aromatic heterocycles. The van der Waals surface area contributed by atoms with E-state index in [1.165, 1.54) is 26.3 Å². The lowest BCUT2D eigenvalue weighted by atomic mass is 9.72. The highest BCUT2D eigenvalue weighted by atomic mass is 16.7. The first-order valence-corrected chi connectivity index (χ1v) is 12.3. The number of methoxy groups -OCH3 is 1. The molecule has 3 aromatic rings. The van der Waals surface area contributed by atoms with Gasteiger partial charge in [0.15, 0.2) is 23.0 Å². The fraction of sp³-hybridized carbons (Fsp3) is 0.333. The molecule has 2 aromatic carbocycles. The third-order valence-corrected chi connectivity index (χ3v) is 6.56. The number of benzene rings is 2. The molecule has 8 nitrogen and oxygen atoms in total. The molecule has 0 unspecified atom stereocenters. The molecule has 8 heteroatoms. The average Bonchev–Trinajstić information content (AvgIpc) is 2.93.